The standard InChI is InChI=1S/C23H28N4O/c1-15-8-9-16(2)21(13-15)23(19-7-6-12-24-14-19)25-22(28)11-10-20-17(3)26-27(5)18(20)4/h6-9,12-14,23H,10-11H2,1-5H3,(H,25,28)/t23-/m0/s1. The Kier molecular flexibility index (Phi) is 5.93. The molecule has 0 saturated heterocycles. The molecule has 0 fully saturated rings. The Bertz CT molecular complexity index is 976. The summed E-state index contributed by atoms with van der Waals surface area (Å²) in [4.78, 5) is 17.1. The third-order valence-corrected chi connectivity index (χ3v) is 5.33. The van der Waals surface area contributed by atoms with Gasteiger partial charge in [0.2, 0.25) is 5.91 Å². The maximum atomic E-state index is 12.8. The molecule has 5 nitrogen and oxygen atoms in total. The molecule has 146 valence electrons. The second-order valence-corrected chi connectivity index (χ2v) is 7.42. The largest absolute Gasteiger partial charge is 0.345 e. The van der Waals surface area contributed by atoms with Crippen molar-refractivity contribution in [1.82, 2.24) is 20.1 Å². The molecule has 0 unspecified atom stereocenters. The van der Waals surface area contributed by atoms with Crippen LogP contribution in [0.15, 0.2) is 42.7 Å². The molecular weight excluding hydrogens is 348 g/mol. The maximum absolute atomic E-state index is 12.8. The van der Waals surface area contributed by atoms with E-state index < -0.39 is 0 Å². The summed E-state index contributed by atoms with van der Waals surface area (Å²) in [5.74, 6) is 0.0254. The van der Waals surface area contributed by atoms with Crippen LogP contribution in [0, 0.1) is 27.7 Å². The van der Waals surface area contributed by atoms with Gasteiger partial charge in [-0.3, -0.25) is 14.5 Å². The minimum Gasteiger partial charge on any atom is -0.345 e. The fraction of sp³-hybridized carbons (Fsp3) is 0.348. The lowest BCUT2D eigenvalue weighted by molar-refractivity contribution is -0.121. The van der Waals surface area contributed by atoms with E-state index in [1.54, 1.807) is 6.20 Å². The Morgan fingerprint density at radius 3 is 2.61 bits per heavy atom. The summed E-state index contributed by atoms with van der Waals surface area (Å²) in [5.41, 5.74) is 7.68. The summed E-state index contributed by atoms with van der Waals surface area (Å²) in [6.07, 6.45) is 4.68. The van der Waals surface area contributed by atoms with Gasteiger partial charge in [0.1, 0.15) is 0 Å². The summed E-state index contributed by atoms with van der Waals surface area (Å²) >= 11 is 0. The van der Waals surface area contributed by atoms with Crippen LogP contribution in [0.3, 0.4) is 0 Å². The third-order valence-electron chi connectivity index (χ3n) is 5.33. The van der Waals surface area contributed by atoms with Crippen LogP contribution in [-0.2, 0) is 18.3 Å². The fourth-order valence-corrected chi connectivity index (χ4v) is 3.61. The summed E-state index contributed by atoms with van der Waals surface area (Å²) in [6, 6.07) is 10.0. The van der Waals surface area contributed by atoms with E-state index in [0.29, 0.717) is 12.8 Å². The van der Waals surface area contributed by atoms with E-state index in [0.717, 1.165) is 33.6 Å². The Morgan fingerprint density at radius 2 is 1.96 bits per heavy atom. The van der Waals surface area contributed by atoms with Crippen LogP contribution < -0.4 is 5.32 Å². The number of aryl methyl sites for hydroxylation is 4. The Hall–Kier alpha value is -2.95. The zero-order valence-electron chi connectivity index (χ0n) is 17.3. The smallest absolute Gasteiger partial charge is 0.221 e. The molecule has 1 atom stereocenters. The van der Waals surface area contributed by atoms with E-state index >= 15 is 0 Å². The van der Waals surface area contributed by atoms with Gasteiger partial charge in [0.05, 0.1) is 11.7 Å². The molecule has 0 bridgehead atoms. The van der Waals surface area contributed by atoms with Crippen LogP contribution in [0.1, 0.15) is 51.7 Å². The number of carbonyl (C=O) groups excluding carboxylic acids is 1. The van der Waals surface area contributed by atoms with E-state index in [1.165, 1.54) is 5.56 Å². The minimum absolute atomic E-state index is 0.0254. The molecule has 0 spiro atoms. The van der Waals surface area contributed by atoms with Crippen LogP contribution in [0.25, 0.3) is 0 Å². The van der Waals surface area contributed by atoms with Crippen molar-refractivity contribution in [3.63, 3.8) is 0 Å². The molecule has 0 saturated carbocycles. The van der Waals surface area contributed by atoms with Crippen molar-refractivity contribution in [3.8, 4) is 0 Å². The summed E-state index contributed by atoms with van der Waals surface area (Å²) in [6.45, 7) is 8.18. The third kappa shape index (κ3) is 4.30. The monoisotopic (exact) mass is 376 g/mol. The molecule has 3 aromatic rings. The normalized spacial score (nSPS) is 12.0. The highest BCUT2D eigenvalue weighted by atomic mass is 16.1. The lowest BCUT2D eigenvalue weighted by atomic mass is 9.94. The topological polar surface area (TPSA) is 59.8 Å². The second-order valence-electron chi connectivity index (χ2n) is 7.42. The van der Waals surface area contributed by atoms with E-state index in [1.807, 2.05) is 43.9 Å². The zero-order chi connectivity index (χ0) is 20.3. The Labute approximate surface area is 166 Å². The lowest BCUT2D eigenvalue weighted by Crippen LogP contribution is -2.30. The lowest BCUT2D eigenvalue weighted by Gasteiger charge is -2.22. The summed E-state index contributed by atoms with van der Waals surface area (Å²) in [7, 11) is 1.94. The number of benzene rings is 1. The van der Waals surface area contributed by atoms with Crippen molar-refractivity contribution in [2.75, 3.05) is 0 Å². The van der Waals surface area contributed by atoms with Crippen molar-refractivity contribution in [3.05, 3.63) is 81.9 Å². The molecule has 5 heteroatoms. The van der Waals surface area contributed by atoms with E-state index in [-0.39, 0.29) is 11.9 Å². The Morgan fingerprint density at radius 1 is 1.18 bits per heavy atom. The van der Waals surface area contributed by atoms with Gasteiger partial charge in [0.15, 0.2) is 0 Å². The molecule has 2 heterocycles. The van der Waals surface area contributed by atoms with Gasteiger partial charge in [-0.05, 0) is 62.4 Å². The van der Waals surface area contributed by atoms with Crippen LogP contribution in [0.4, 0.5) is 0 Å². The highest BCUT2D eigenvalue weighted by Gasteiger charge is 2.20. The first-order chi connectivity index (χ1) is 13.4. The molecule has 0 aliphatic carbocycles. The molecule has 1 amide bonds. The summed E-state index contributed by atoms with van der Waals surface area (Å²) < 4.78 is 1.87. The van der Waals surface area contributed by atoms with Gasteiger partial charge in [-0.2, -0.15) is 5.10 Å². The molecule has 1 N–H and O–H groups in total. The van der Waals surface area contributed by atoms with Crippen LogP contribution in [-0.4, -0.2) is 20.7 Å². The molecule has 0 aliphatic heterocycles. The van der Waals surface area contributed by atoms with E-state index in [4.69, 9.17) is 0 Å². The predicted molar refractivity (Wildman–Crippen MR) is 111 cm³/mol. The highest BCUT2D eigenvalue weighted by Crippen LogP contribution is 2.26. The van der Waals surface area contributed by atoms with Gasteiger partial charge in [-0.15, -0.1) is 0 Å². The highest BCUT2D eigenvalue weighted by molar-refractivity contribution is 5.77. The van der Waals surface area contributed by atoms with Crippen molar-refractivity contribution in [2.24, 2.45) is 7.05 Å². The van der Waals surface area contributed by atoms with Gasteiger partial charge >= 0.3 is 0 Å². The quantitative estimate of drug-likeness (QED) is 0.710. The number of rotatable bonds is 6. The van der Waals surface area contributed by atoms with Crippen molar-refractivity contribution < 1.29 is 4.79 Å². The van der Waals surface area contributed by atoms with E-state index in [2.05, 4.69) is 47.4 Å². The van der Waals surface area contributed by atoms with Crippen molar-refractivity contribution in [1.29, 1.82) is 0 Å². The van der Waals surface area contributed by atoms with Gasteiger partial charge in [-0.1, -0.05) is 29.8 Å². The number of amides is 1. The number of hydrogen-bond donors (Lipinski definition) is 1. The van der Waals surface area contributed by atoms with Gasteiger partial charge < -0.3 is 5.32 Å². The minimum atomic E-state index is -0.211. The number of aromatic nitrogens is 3. The van der Waals surface area contributed by atoms with Crippen LogP contribution in [0.2, 0.25) is 0 Å². The molecule has 28 heavy (non-hydrogen) atoms. The number of nitrogens with zero attached hydrogens (tertiary/aromatic N) is 3. The first kappa shape index (κ1) is 19.8. The van der Waals surface area contributed by atoms with Gasteiger partial charge in [0, 0.05) is 31.6 Å². The number of nitrogens with one attached hydrogen (secondary N) is 1. The predicted octanol–water partition coefficient (Wildman–Crippen LogP) is 3.89. The first-order valence-corrected chi connectivity index (χ1v) is 9.62. The van der Waals surface area contributed by atoms with Crippen LogP contribution >= 0.6 is 0 Å². The number of hydrogen-bond acceptors (Lipinski definition) is 3. The maximum Gasteiger partial charge on any atom is 0.221 e. The number of pyridine rings is 1. The first-order valence-electron chi connectivity index (χ1n) is 9.62. The van der Waals surface area contributed by atoms with Gasteiger partial charge in [-0.25, -0.2) is 0 Å². The fourth-order valence-electron chi connectivity index (χ4n) is 3.61. The zero-order valence-corrected chi connectivity index (χ0v) is 17.3. The van der Waals surface area contributed by atoms with Gasteiger partial charge in [0.25, 0.3) is 0 Å². The average Bonchev–Trinajstić information content (AvgIpc) is 2.92. The molecular formula is C23H28N4O. The van der Waals surface area contributed by atoms with Crippen LogP contribution in [0.5, 0.6) is 0 Å². The molecule has 3 rings (SSSR count). The Balaban J connectivity index is 1.81. The van der Waals surface area contributed by atoms with Crippen molar-refractivity contribution in [2.45, 2.75) is 46.6 Å². The van der Waals surface area contributed by atoms with E-state index in [9.17, 15) is 4.79 Å². The SMILES string of the molecule is Cc1ccc(C)c([C@@H](NC(=O)CCc2c(C)nn(C)c2C)c2cccnc2)c1. The summed E-state index contributed by atoms with van der Waals surface area (Å²) in [5, 5.41) is 7.67. The number of carbonyl (C=O) groups is 1. The molecule has 1 aromatic carbocycles. The molecule has 0 radical (unpaired) electrons. The molecule has 2 aromatic heterocycles. The van der Waals surface area contributed by atoms with Crippen molar-refractivity contribution >= 4 is 5.91 Å². The average molecular weight is 377 g/mol. The molecule has 0 aliphatic rings. The second kappa shape index (κ2) is 8.38.